The summed E-state index contributed by atoms with van der Waals surface area (Å²) in [7, 11) is 0. The van der Waals surface area contributed by atoms with E-state index in [1.54, 1.807) is 6.20 Å². The highest BCUT2D eigenvalue weighted by Crippen LogP contribution is 2.26. The van der Waals surface area contributed by atoms with Crippen molar-refractivity contribution < 1.29 is 9.94 Å². The summed E-state index contributed by atoms with van der Waals surface area (Å²) in [6, 6.07) is 3.97. The van der Waals surface area contributed by atoms with Crippen LogP contribution in [0.2, 0.25) is 0 Å². The van der Waals surface area contributed by atoms with Gasteiger partial charge in [0.25, 0.3) is 0 Å². The van der Waals surface area contributed by atoms with Gasteiger partial charge in [0.1, 0.15) is 5.84 Å². The van der Waals surface area contributed by atoms with Gasteiger partial charge in [-0.3, -0.25) is 0 Å². The number of amidine groups is 1. The zero-order valence-electron chi connectivity index (χ0n) is 11.7. The van der Waals surface area contributed by atoms with Crippen molar-refractivity contribution in [2.75, 3.05) is 18.1 Å². The fourth-order valence-corrected chi connectivity index (χ4v) is 1.76. The Morgan fingerprint density at radius 3 is 2.89 bits per heavy atom. The van der Waals surface area contributed by atoms with Crippen LogP contribution in [0, 0.1) is 0 Å². The molecule has 6 nitrogen and oxygen atoms in total. The van der Waals surface area contributed by atoms with Gasteiger partial charge < -0.3 is 20.6 Å². The first-order valence-electron chi connectivity index (χ1n) is 6.41. The minimum Gasteiger partial charge on any atom is -0.490 e. The average molecular weight is 266 g/mol. The maximum absolute atomic E-state index is 8.60. The summed E-state index contributed by atoms with van der Waals surface area (Å²) >= 11 is 0. The van der Waals surface area contributed by atoms with Gasteiger partial charge in [0.2, 0.25) is 0 Å². The van der Waals surface area contributed by atoms with E-state index in [9.17, 15) is 0 Å². The molecule has 1 heterocycles. The Labute approximate surface area is 113 Å². The fourth-order valence-electron chi connectivity index (χ4n) is 1.76. The Hall–Kier alpha value is -1.98. The van der Waals surface area contributed by atoms with E-state index >= 15 is 0 Å². The molecule has 0 atom stereocenters. The minimum atomic E-state index is 0.208. The van der Waals surface area contributed by atoms with Gasteiger partial charge in [-0.15, -0.1) is 0 Å². The van der Waals surface area contributed by atoms with Crippen molar-refractivity contribution in [3.63, 3.8) is 0 Å². The summed E-state index contributed by atoms with van der Waals surface area (Å²) in [5, 5.41) is 11.6. The van der Waals surface area contributed by atoms with Crippen LogP contribution < -0.4 is 15.4 Å². The summed E-state index contributed by atoms with van der Waals surface area (Å²) in [5.41, 5.74) is 5.52. The predicted molar refractivity (Wildman–Crippen MR) is 75.9 cm³/mol. The monoisotopic (exact) mass is 266 g/mol. The Morgan fingerprint density at radius 2 is 2.32 bits per heavy atom. The van der Waals surface area contributed by atoms with E-state index in [-0.39, 0.29) is 11.9 Å². The van der Waals surface area contributed by atoms with Crippen molar-refractivity contribution in [2.45, 2.75) is 33.2 Å². The standard InChI is InChI=1S/C13H22N4O2/c1-4-19-11-6-5-8-15-13(11)17(10(2)3)9-7-12(14)16-18/h5-6,8,10,18H,4,7,9H2,1-3H3,(H2,14,16). The van der Waals surface area contributed by atoms with Gasteiger partial charge in [-0.05, 0) is 32.9 Å². The zero-order valence-corrected chi connectivity index (χ0v) is 11.7. The lowest BCUT2D eigenvalue weighted by Gasteiger charge is -2.29. The molecule has 0 saturated carbocycles. The second kappa shape index (κ2) is 7.45. The molecule has 0 spiro atoms. The molecule has 1 aromatic rings. The van der Waals surface area contributed by atoms with E-state index < -0.39 is 0 Å². The molecule has 0 radical (unpaired) electrons. The van der Waals surface area contributed by atoms with Gasteiger partial charge in [0.05, 0.1) is 6.61 Å². The smallest absolute Gasteiger partial charge is 0.171 e. The van der Waals surface area contributed by atoms with Gasteiger partial charge in [-0.1, -0.05) is 5.16 Å². The largest absolute Gasteiger partial charge is 0.490 e. The lowest BCUT2D eigenvalue weighted by atomic mass is 10.2. The molecule has 6 heteroatoms. The van der Waals surface area contributed by atoms with Crippen LogP contribution in [0.15, 0.2) is 23.5 Å². The second-order valence-corrected chi connectivity index (χ2v) is 4.39. The summed E-state index contributed by atoms with van der Waals surface area (Å²) in [6.07, 6.45) is 2.20. The molecule has 106 valence electrons. The predicted octanol–water partition coefficient (Wildman–Crippen LogP) is 1.83. The lowest BCUT2D eigenvalue weighted by molar-refractivity contribution is 0.317. The van der Waals surface area contributed by atoms with Crippen LogP contribution in [0.1, 0.15) is 27.2 Å². The van der Waals surface area contributed by atoms with Crippen LogP contribution in [-0.4, -0.2) is 35.2 Å². The first-order chi connectivity index (χ1) is 9.10. The normalized spacial score (nSPS) is 11.7. The molecule has 3 N–H and O–H groups in total. The van der Waals surface area contributed by atoms with E-state index in [1.165, 1.54) is 0 Å². The number of pyridine rings is 1. The molecule has 0 unspecified atom stereocenters. The first kappa shape index (κ1) is 15.1. The molecule has 0 saturated heterocycles. The number of aromatic nitrogens is 1. The number of nitrogens with zero attached hydrogens (tertiary/aromatic N) is 3. The Balaban J connectivity index is 2.92. The van der Waals surface area contributed by atoms with Crippen molar-refractivity contribution in [3.05, 3.63) is 18.3 Å². The molecule has 0 amide bonds. The van der Waals surface area contributed by atoms with Crippen molar-refractivity contribution in [3.8, 4) is 5.75 Å². The molecule has 1 aromatic heterocycles. The first-order valence-corrected chi connectivity index (χ1v) is 6.41. The summed E-state index contributed by atoms with van der Waals surface area (Å²) in [4.78, 5) is 6.45. The van der Waals surface area contributed by atoms with Crippen LogP contribution in [0.3, 0.4) is 0 Å². The highest BCUT2D eigenvalue weighted by molar-refractivity contribution is 5.80. The van der Waals surface area contributed by atoms with Crippen LogP contribution in [0.5, 0.6) is 5.75 Å². The van der Waals surface area contributed by atoms with Gasteiger partial charge >= 0.3 is 0 Å². The van der Waals surface area contributed by atoms with Gasteiger partial charge in [-0.2, -0.15) is 0 Å². The summed E-state index contributed by atoms with van der Waals surface area (Å²) < 4.78 is 5.59. The molecular formula is C13H22N4O2. The minimum absolute atomic E-state index is 0.208. The van der Waals surface area contributed by atoms with E-state index in [0.717, 1.165) is 11.6 Å². The van der Waals surface area contributed by atoms with Crippen molar-refractivity contribution in [2.24, 2.45) is 10.9 Å². The third-order valence-corrected chi connectivity index (χ3v) is 2.68. The third kappa shape index (κ3) is 4.31. The Morgan fingerprint density at radius 1 is 1.58 bits per heavy atom. The number of anilines is 1. The van der Waals surface area contributed by atoms with E-state index in [1.807, 2.05) is 19.1 Å². The highest BCUT2D eigenvalue weighted by atomic mass is 16.5. The Kier molecular flexibility index (Phi) is 5.92. The molecule has 0 aromatic carbocycles. The number of hydrogen-bond donors (Lipinski definition) is 2. The quantitative estimate of drug-likeness (QED) is 0.340. The number of hydrogen-bond acceptors (Lipinski definition) is 5. The van der Waals surface area contributed by atoms with E-state index in [0.29, 0.717) is 19.6 Å². The molecule has 0 aliphatic heterocycles. The van der Waals surface area contributed by atoms with Gasteiger partial charge in [0.15, 0.2) is 11.6 Å². The highest BCUT2D eigenvalue weighted by Gasteiger charge is 2.16. The van der Waals surface area contributed by atoms with Gasteiger partial charge in [0, 0.05) is 25.2 Å². The van der Waals surface area contributed by atoms with E-state index in [2.05, 4.69) is 28.9 Å². The van der Waals surface area contributed by atoms with Crippen LogP contribution in [0.4, 0.5) is 5.82 Å². The number of ether oxygens (including phenoxy) is 1. The van der Waals surface area contributed by atoms with Crippen LogP contribution in [-0.2, 0) is 0 Å². The van der Waals surface area contributed by atoms with Crippen molar-refractivity contribution in [1.29, 1.82) is 0 Å². The maximum atomic E-state index is 8.60. The van der Waals surface area contributed by atoms with E-state index in [4.69, 9.17) is 15.7 Å². The topological polar surface area (TPSA) is 84.0 Å². The lowest BCUT2D eigenvalue weighted by Crippen LogP contribution is -2.35. The van der Waals surface area contributed by atoms with Crippen LogP contribution in [0.25, 0.3) is 0 Å². The average Bonchev–Trinajstić information content (AvgIpc) is 2.40. The number of nitrogens with two attached hydrogens (primary N) is 1. The zero-order chi connectivity index (χ0) is 14.3. The van der Waals surface area contributed by atoms with Crippen molar-refractivity contribution >= 4 is 11.7 Å². The molecule has 0 aliphatic rings. The molecule has 19 heavy (non-hydrogen) atoms. The molecular weight excluding hydrogens is 244 g/mol. The summed E-state index contributed by atoms with van der Waals surface area (Å²) in [5.74, 6) is 1.74. The summed E-state index contributed by atoms with van der Waals surface area (Å²) in [6.45, 7) is 7.27. The molecule has 1 rings (SSSR count). The fraction of sp³-hybridized carbons (Fsp3) is 0.538. The number of oxime groups is 1. The van der Waals surface area contributed by atoms with Crippen molar-refractivity contribution in [1.82, 2.24) is 4.98 Å². The van der Waals surface area contributed by atoms with Gasteiger partial charge in [-0.25, -0.2) is 4.98 Å². The molecule has 0 aliphatic carbocycles. The maximum Gasteiger partial charge on any atom is 0.171 e. The molecule has 0 fully saturated rings. The van der Waals surface area contributed by atoms with Crippen LogP contribution >= 0.6 is 0 Å². The number of rotatable bonds is 7. The SMILES string of the molecule is CCOc1cccnc1N(CC/C(N)=N/O)C(C)C. The second-order valence-electron chi connectivity index (χ2n) is 4.39. The molecule has 0 bridgehead atoms. The third-order valence-electron chi connectivity index (χ3n) is 2.68. The Bertz CT molecular complexity index is 421.